The number of rotatable bonds is 3. The van der Waals surface area contributed by atoms with E-state index in [2.05, 4.69) is 26.0 Å². The topological polar surface area (TPSA) is 29.5 Å². The average molecular weight is 220 g/mol. The van der Waals surface area contributed by atoms with Crippen molar-refractivity contribution in [3.63, 3.8) is 0 Å². The van der Waals surface area contributed by atoms with Crippen LogP contribution in [0.1, 0.15) is 42.1 Å². The van der Waals surface area contributed by atoms with Crippen LogP contribution >= 0.6 is 0 Å². The predicted molar refractivity (Wildman–Crippen MR) is 64.5 cm³/mol. The molecule has 1 unspecified atom stereocenters. The van der Waals surface area contributed by atoms with Crippen LogP contribution in [0.5, 0.6) is 0 Å². The molecule has 16 heavy (non-hydrogen) atoms. The first-order chi connectivity index (χ1) is 7.59. The van der Waals surface area contributed by atoms with E-state index in [0.29, 0.717) is 0 Å². The van der Waals surface area contributed by atoms with E-state index in [1.54, 1.807) is 7.11 Å². The highest BCUT2D eigenvalue weighted by atomic mass is 16.5. The molecule has 0 radical (unpaired) electrons. The van der Waals surface area contributed by atoms with Crippen LogP contribution in [-0.2, 0) is 4.74 Å². The molecule has 0 aliphatic heterocycles. The fourth-order valence-corrected chi connectivity index (χ4v) is 2.35. The Kier molecular flexibility index (Phi) is 3.04. The Morgan fingerprint density at radius 2 is 1.94 bits per heavy atom. The molecule has 1 N–H and O–H groups in total. The molecule has 0 aromatic heterocycles. The van der Waals surface area contributed by atoms with Crippen LogP contribution in [0.2, 0.25) is 0 Å². The first-order valence-corrected chi connectivity index (χ1v) is 5.89. The molecule has 1 atom stereocenters. The Morgan fingerprint density at radius 3 is 2.38 bits per heavy atom. The van der Waals surface area contributed by atoms with E-state index in [4.69, 9.17) is 4.74 Å². The molecule has 2 nitrogen and oxygen atoms in total. The van der Waals surface area contributed by atoms with Gasteiger partial charge in [-0.1, -0.05) is 18.2 Å². The minimum Gasteiger partial charge on any atom is -0.385 e. The molecule has 1 saturated carbocycles. The summed E-state index contributed by atoms with van der Waals surface area (Å²) in [5, 5.41) is 10.4. The Labute approximate surface area is 97.3 Å². The second kappa shape index (κ2) is 4.19. The zero-order valence-corrected chi connectivity index (χ0v) is 10.3. The number of aliphatic hydroxyl groups excluding tert-OH is 1. The van der Waals surface area contributed by atoms with Crippen molar-refractivity contribution in [3.05, 3.63) is 34.9 Å². The van der Waals surface area contributed by atoms with Crippen molar-refractivity contribution in [1.82, 2.24) is 0 Å². The van der Waals surface area contributed by atoms with Crippen LogP contribution in [0, 0.1) is 13.8 Å². The van der Waals surface area contributed by atoms with Crippen LogP contribution < -0.4 is 0 Å². The summed E-state index contributed by atoms with van der Waals surface area (Å²) in [5.74, 6) is 0. The molecule has 1 aliphatic rings. The number of ether oxygens (including phenoxy) is 1. The smallest absolute Gasteiger partial charge is 0.108 e. The van der Waals surface area contributed by atoms with Crippen molar-refractivity contribution in [2.24, 2.45) is 0 Å². The van der Waals surface area contributed by atoms with Gasteiger partial charge in [0, 0.05) is 7.11 Å². The van der Waals surface area contributed by atoms with Crippen LogP contribution in [0.4, 0.5) is 0 Å². The van der Waals surface area contributed by atoms with E-state index in [0.717, 1.165) is 24.8 Å². The van der Waals surface area contributed by atoms with Gasteiger partial charge in [-0.2, -0.15) is 0 Å². The Bertz CT molecular complexity index is 375. The van der Waals surface area contributed by atoms with Crippen molar-refractivity contribution in [2.75, 3.05) is 7.11 Å². The number of hydrogen-bond acceptors (Lipinski definition) is 2. The molecule has 88 valence electrons. The van der Waals surface area contributed by atoms with Crippen LogP contribution in [0.15, 0.2) is 18.2 Å². The minimum atomic E-state index is -0.495. The van der Waals surface area contributed by atoms with E-state index >= 15 is 0 Å². The summed E-state index contributed by atoms with van der Waals surface area (Å²) >= 11 is 0. The van der Waals surface area contributed by atoms with Gasteiger partial charge in [-0.05, 0) is 49.8 Å². The molecule has 1 fully saturated rings. The number of aryl methyl sites for hydroxylation is 2. The molecule has 0 bridgehead atoms. The maximum absolute atomic E-state index is 10.4. The number of benzene rings is 1. The highest BCUT2D eigenvalue weighted by molar-refractivity contribution is 5.32. The molecular formula is C14H20O2. The normalized spacial score (nSPS) is 20.2. The molecule has 0 spiro atoms. The second-order valence-electron chi connectivity index (χ2n) is 4.87. The molecule has 2 rings (SSSR count). The summed E-state index contributed by atoms with van der Waals surface area (Å²) < 4.78 is 5.51. The van der Waals surface area contributed by atoms with Crippen molar-refractivity contribution >= 4 is 0 Å². The summed E-state index contributed by atoms with van der Waals surface area (Å²) in [6.45, 7) is 4.16. The van der Waals surface area contributed by atoms with Crippen molar-refractivity contribution in [2.45, 2.75) is 44.8 Å². The zero-order valence-electron chi connectivity index (χ0n) is 10.3. The monoisotopic (exact) mass is 220 g/mol. The van der Waals surface area contributed by atoms with Crippen molar-refractivity contribution in [3.8, 4) is 0 Å². The third-order valence-electron chi connectivity index (χ3n) is 3.95. The van der Waals surface area contributed by atoms with E-state index in [-0.39, 0.29) is 5.60 Å². The van der Waals surface area contributed by atoms with Gasteiger partial charge in [0.1, 0.15) is 6.10 Å². The molecule has 1 aromatic carbocycles. The Morgan fingerprint density at radius 1 is 1.25 bits per heavy atom. The fourth-order valence-electron chi connectivity index (χ4n) is 2.35. The molecule has 1 aliphatic carbocycles. The van der Waals surface area contributed by atoms with E-state index in [1.165, 1.54) is 11.1 Å². The summed E-state index contributed by atoms with van der Waals surface area (Å²) in [7, 11) is 1.70. The van der Waals surface area contributed by atoms with Gasteiger partial charge >= 0.3 is 0 Å². The molecular weight excluding hydrogens is 200 g/mol. The lowest BCUT2D eigenvalue weighted by molar-refractivity contribution is -0.151. The predicted octanol–water partition coefficient (Wildman–Crippen LogP) is 2.91. The van der Waals surface area contributed by atoms with Gasteiger partial charge in [0.25, 0.3) is 0 Å². The van der Waals surface area contributed by atoms with E-state index < -0.39 is 6.10 Å². The Hall–Kier alpha value is -0.860. The summed E-state index contributed by atoms with van der Waals surface area (Å²) in [6, 6.07) is 6.14. The standard InChI is InChI=1S/C14H20O2/c1-10-5-6-12(9-11(10)2)13(15)14(16-3)7-4-8-14/h5-6,9,13,15H,4,7-8H2,1-3H3. The van der Waals surface area contributed by atoms with Crippen LogP contribution in [-0.4, -0.2) is 17.8 Å². The highest BCUT2D eigenvalue weighted by Gasteiger charge is 2.44. The zero-order chi connectivity index (χ0) is 11.8. The number of hydrogen-bond donors (Lipinski definition) is 1. The number of aliphatic hydroxyl groups is 1. The third-order valence-corrected chi connectivity index (χ3v) is 3.95. The molecule has 0 saturated heterocycles. The maximum Gasteiger partial charge on any atom is 0.108 e. The average Bonchev–Trinajstić information content (AvgIpc) is 2.21. The van der Waals surface area contributed by atoms with E-state index in [9.17, 15) is 5.11 Å². The molecule has 0 heterocycles. The van der Waals surface area contributed by atoms with Gasteiger partial charge in [-0.25, -0.2) is 0 Å². The van der Waals surface area contributed by atoms with Crippen LogP contribution in [0.25, 0.3) is 0 Å². The maximum atomic E-state index is 10.4. The second-order valence-corrected chi connectivity index (χ2v) is 4.87. The lowest BCUT2D eigenvalue weighted by atomic mass is 9.73. The SMILES string of the molecule is COC1(C(O)c2ccc(C)c(C)c2)CCC1. The molecule has 1 aromatic rings. The van der Waals surface area contributed by atoms with Gasteiger partial charge in [0.2, 0.25) is 0 Å². The summed E-state index contributed by atoms with van der Waals surface area (Å²) in [5.41, 5.74) is 3.13. The lowest BCUT2D eigenvalue weighted by Gasteiger charge is -2.44. The van der Waals surface area contributed by atoms with Gasteiger partial charge in [-0.3, -0.25) is 0 Å². The quantitative estimate of drug-likeness (QED) is 0.848. The van der Waals surface area contributed by atoms with Crippen LogP contribution in [0.3, 0.4) is 0 Å². The third kappa shape index (κ3) is 1.76. The van der Waals surface area contributed by atoms with Gasteiger partial charge in [0.15, 0.2) is 0 Å². The Balaban J connectivity index is 2.26. The fraction of sp³-hybridized carbons (Fsp3) is 0.571. The summed E-state index contributed by atoms with van der Waals surface area (Å²) in [4.78, 5) is 0. The largest absolute Gasteiger partial charge is 0.385 e. The number of methoxy groups -OCH3 is 1. The first-order valence-electron chi connectivity index (χ1n) is 5.89. The highest BCUT2D eigenvalue weighted by Crippen LogP contribution is 2.44. The van der Waals surface area contributed by atoms with E-state index in [1.807, 2.05) is 6.07 Å². The molecule has 0 amide bonds. The van der Waals surface area contributed by atoms with Gasteiger partial charge in [0.05, 0.1) is 5.60 Å². The lowest BCUT2D eigenvalue weighted by Crippen LogP contribution is -2.45. The molecule has 2 heteroatoms. The van der Waals surface area contributed by atoms with Gasteiger partial charge in [-0.15, -0.1) is 0 Å². The summed E-state index contributed by atoms with van der Waals surface area (Å²) in [6.07, 6.45) is 2.57. The first kappa shape index (κ1) is 11.6. The van der Waals surface area contributed by atoms with Gasteiger partial charge < -0.3 is 9.84 Å². The van der Waals surface area contributed by atoms with Crippen molar-refractivity contribution < 1.29 is 9.84 Å². The van der Waals surface area contributed by atoms with Crippen molar-refractivity contribution in [1.29, 1.82) is 0 Å². The minimum absolute atomic E-state index is 0.332.